The summed E-state index contributed by atoms with van der Waals surface area (Å²) >= 11 is 0. The summed E-state index contributed by atoms with van der Waals surface area (Å²) in [7, 11) is -3.39. The van der Waals surface area contributed by atoms with Crippen LogP contribution in [0.5, 0.6) is 0 Å². The number of hydrogen-bond acceptors (Lipinski definition) is 9. The Morgan fingerprint density at radius 3 is 1.94 bits per heavy atom. The van der Waals surface area contributed by atoms with Crippen LogP contribution < -0.4 is 0 Å². The number of rotatable bonds is 10. The summed E-state index contributed by atoms with van der Waals surface area (Å²) in [5.41, 5.74) is 3.25. The molecule has 0 bridgehead atoms. The fourth-order valence-corrected chi connectivity index (χ4v) is 3.97. The van der Waals surface area contributed by atoms with E-state index in [0.717, 1.165) is 11.8 Å². The number of sulfone groups is 1. The van der Waals surface area contributed by atoms with Crippen LogP contribution in [-0.4, -0.2) is 54.8 Å². The topological polar surface area (TPSA) is 134 Å². The Kier molecular flexibility index (Phi) is 8.88. The Balaban J connectivity index is 1.87. The zero-order valence-corrected chi connectivity index (χ0v) is 19.7. The number of carbonyl (C=O) groups is 1. The molecule has 3 aromatic carbocycles. The van der Waals surface area contributed by atoms with E-state index in [-0.39, 0.29) is 30.3 Å². The first-order chi connectivity index (χ1) is 16.7. The van der Waals surface area contributed by atoms with Gasteiger partial charge in [-0.1, -0.05) is 54.6 Å². The summed E-state index contributed by atoms with van der Waals surface area (Å²) in [5, 5.41) is 27.0. The average Bonchev–Trinajstić information content (AvgIpc) is 2.85. The monoisotopic (exact) mass is 499 g/mol. The number of carbonyl (C=O) groups excluding carboxylic acids is 1. The van der Waals surface area contributed by atoms with Gasteiger partial charge in [0.25, 0.3) is 0 Å². The minimum Gasteiger partial charge on any atom is -0.457 e. The van der Waals surface area contributed by atoms with Crippen molar-refractivity contribution in [3.63, 3.8) is 0 Å². The van der Waals surface area contributed by atoms with Gasteiger partial charge in [-0.05, 0) is 46.5 Å². The third-order valence-corrected chi connectivity index (χ3v) is 6.29. The number of nitrogens with zero attached hydrogens (tertiary/aromatic N) is 1. The first-order valence-electron chi connectivity index (χ1n) is 10.4. The third-order valence-electron chi connectivity index (χ3n) is 5.16. The summed E-state index contributed by atoms with van der Waals surface area (Å²) in [4.78, 5) is 17.4. The number of aliphatic hydroxyl groups is 1. The maximum absolute atomic E-state index is 12.7. The molecule has 0 aliphatic heterocycles. The maximum atomic E-state index is 12.7. The Morgan fingerprint density at radius 1 is 0.829 bits per heavy atom. The summed E-state index contributed by atoms with van der Waals surface area (Å²) in [6, 6.07) is 21.4. The van der Waals surface area contributed by atoms with E-state index in [1.807, 2.05) is 30.3 Å². The molecule has 0 radical (unpaired) electrons. The molecule has 0 fully saturated rings. The molecule has 0 amide bonds. The van der Waals surface area contributed by atoms with Gasteiger partial charge in [-0.3, -0.25) is 10.4 Å². The molecule has 3 rings (SSSR count). The van der Waals surface area contributed by atoms with Gasteiger partial charge in [0, 0.05) is 11.8 Å². The van der Waals surface area contributed by atoms with Crippen LogP contribution >= 0.6 is 0 Å². The van der Waals surface area contributed by atoms with Gasteiger partial charge in [0.2, 0.25) is 0 Å². The van der Waals surface area contributed by atoms with Gasteiger partial charge >= 0.3 is 5.97 Å². The normalized spacial score (nSPS) is 12.4. The van der Waals surface area contributed by atoms with Gasteiger partial charge < -0.3 is 9.84 Å². The lowest BCUT2D eigenvalue weighted by Crippen LogP contribution is -2.14. The first kappa shape index (κ1) is 26.2. The van der Waals surface area contributed by atoms with Crippen molar-refractivity contribution in [2.24, 2.45) is 0 Å². The molecule has 0 aliphatic carbocycles. The van der Waals surface area contributed by atoms with E-state index in [1.165, 1.54) is 24.3 Å². The van der Waals surface area contributed by atoms with E-state index in [0.29, 0.717) is 22.3 Å². The van der Waals surface area contributed by atoms with Crippen LogP contribution in [0.15, 0.2) is 83.8 Å². The second-order valence-corrected chi connectivity index (χ2v) is 9.59. The summed E-state index contributed by atoms with van der Waals surface area (Å²) in [6.07, 6.45) is 1.12. The van der Waals surface area contributed by atoms with E-state index < -0.39 is 21.2 Å². The Labute approximate surface area is 202 Å². The molecule has 3 aromatic rings. The lowest BCUT2D eigenvalue weighted by molar-refractivity contribution is -0.497. The predicted molar refractivity (Wildman–Crippen MR) is 127 cm³/mol. The highest BCUT2D eigenvalue weighted by Gasteiger charge is 2.16. The lowest BCUT2D eigenvalue weighted by atomic mass is 9.95. The molecular weight excluding hydrogens is 474 g/mol. The van der Waals surface area contributed by atoms with E-state index >= 15 is 0 Å². The van der Waals surface area contributed by atoms with Crippen LogP contribution in [0.4, 0.5) is 0 Å². The molecule has 0 spiro atoms. The van der Waals surface area contributed by atoms with Crippen LogP contribution in [0.2, 0.25) is 0 Å². The minimum atomic E-state index is -3.39. The molecule has 9 nitrogen and oxygen atoms in total. The number of aliphatic hydroxyl groups excluding tert-OH is 1. The molecule has 0 atom stereocenters. The van der Waals surface area contributed by atoms with Crippen molar-refractivity contribution in [2.75, 3.05) is 19.5 Å². The van der Waals surface area contributed by atoms with Gasteiger partial charge in [0.15, 0.2) is 9.84 Å². The molecule has 0 aliphatic rings. The van der Waals surface area contributed by atoms with Crippen LogP contribution in [0.1, 0.15) is 27.0 Å². The van der Waals surface area contributed by atoms with E-state index in [2.05, 4.69) is 4.84 Å². The average molecular weight is 500 g/mol. The highest BCUT2D eigenvalue weighted by molar-refractivity contribution is 7.90. The molecule has 184 valence electrons. The lowest BCUT2D eigenvalue weighted by Gasteiger charge is -2.16. The van der Waals surface area contributed by atoms with Crippen LogP contribution in [0, 0.1) is 0 Å². The maximum Gasteiger partial charge on any atom is 0.338 e. The first-order valence-corrected chi connectivity index (χ1v) is 12.3. The summed E-state index contributed by atoms with van der Waals surface area (Å²) < 4.78 is 29.2. The zero-order chi connectivity index (χ0) is 25.4. The van der Waals surface area contributed by atoms with Gasteiger partial charge in [0.1, 0.15) is 6.61 Å². The molecule has 0 saturated carbocycles. The number of hydrogen-bond donors (Lipinski definition) is 3. The Morgan fingerprint density at radius 2 is 1.40 bits per heavy atom. The second kappa shape index (κ2) is 11.8. The van der Waals surface area contributed by atoms with Crippen LogP contribution in [0.3, 0.4) is 0 Å². The second-order valence-electron chi connectivity index (χ2n) is 7.58. The van der Waals surface area contributed by atoms with Crippen LogP contribution in [0.25, 0.3) is 11.1 Å². The zero-order valence-electron chi connectivity index (χ0n) is 18.9. The van der Waals surface area contributed by atoms with Crippen molar-refractivity contribution in [1.29, 1.82) is 0 Å². The minimum absolute atomic E-state index is 0.115. The van der Waals surface area contributed by atoms with Crippen molar-refractivity contribution >= 4 is 27.0 Å². The Bertz CT molecular complexity index is 1270. The molecule has 0 saturated heterocycles. The fraction of sp³-hybridized carbons (Fsp3) is 0.160. The fourth-order valence-electron chi connectivity index (χ4n) is 3.34. The molecule has 10 heteroatoms. The molecule has 0 aromatic heterocycles. The number of benzene rings is 3. The van der Waals surface area contributed by atoms with Crippen molar-refractivity contribution in [3.8, 4) is 0 Å². The quantitative estimate of drug-likeness (QED) is 0.218. The summed E-state index contributed by atoms with van der Waals surface area (Å²) in [5.74, 6) is -0.612. The van der Waals surface area contributed by atoms with Gasteiger partial charge in [-0.25, -0.2) is 18.0 Å². The van der Waals surface area contributed by atoms with Gasteiger partial charge in [-0.2, -0.15) is 0 Å². The van der Waals surface area contributed by atoms with Gasteiger partial charge in [0.05, 0.1) is 29.1 Å². The highest BCUT2D eigenvalue weighted by atomic mass is 32.2. The Hall–Kier alpha value is -3.38. The predicted octanol–water partition coefficient (Wildman–Crippen LogP) is 3.36. The number of ether oxygens (including phenoxy) is 1. The smallest absolute Gasteiger partial charge is 0.338 e. The summed E-state index contributed by atoms with van der Waals surface area (Å²) in [6.45, 7) is -0.613. The molecular formula is C25H25NO8S. The van der Waals surface area contributed by atoms with E-state index in [4.69, 9.17) is 15.2 Å². The van der Waals surface area contributed by atoms with Crippen molar-refractivity contribution in [3.05, 3.63) is 101 Å². The molecule has 0 heterocycles. The number of esters is 1. The van der Waals surface area contributed by atoms with Crippen LogP contribution in [-0.2, 0) is 26.0 Å². The van der Waals surface area contributed by atoms with Crippen molar-refractivity contribution < 1.29 is 38.3 Å². The van der Waals surface area contributed by atoms with E-state index in [1.54, 1.807) is 24.3 Å². The van der Waals surface area contributed by atoms with Crippen molar-refractivity contribution in [2.45, 2.75) is 11.5 Å². The standard InChI is InChI=1S/C25H25NO8S/c1-35(31,32)22-13-11-20(12-14-22)24(23(15-27)19-5-3-2-4-6-19)17-33-25(28)21-9-7-18(8-10-21)16-34-26(29)30/h2-14,27,29-30H,15-17H2,1H3/b24-23-. The molecule has 35 heavy (non-hydrogen) atoms. The molecule has 0 unspecified atom stereocenters. The van der Waals surface area contributed by atoms with Gasteiger partial charge in [-0.15, -0.1) is 0 Å². The van der Waals surface area contributed by atoms with E-state index in [9.17, 15) is 18.3 Å². The highest BCUT2D eigenvalue weighted by Crippen LogP contribution is 2.28. The molecule has 3 N–H and O–H groups in total. The SMILES string of the molecule is CS(=O)(=O)c1ccc(/C(COC(=O)c2ccc(CON(O)O)cc2)=C(/CO)c2ccccc2)cc1. The third kappa shape index (κ3) is 7.30. The largest absolute Gasteiger partial charge is 0.457 e. The van der Waals surface area contributed by atoms with Crippen molar-refractivity contribution in [1.82, 2.24) is 5.39 Å².